The van der Waals surface area contributed by atoms with Crippen molar-refractivity contribution in [1.82, 2.24) is 0 Å². The Labute approximate surface area is 104 Å². The van der Waals surface area contributed by atoms with E-state index in [0.717, 1.165) is 10.6 Å². The Morgan fingerprint density at radius 2 is 1.07 bits per heavy atom. The zero-order chi connectivity index (χ0) is 9.80. The third kappa shape index (κ3) is 3.04. The molecule has 0 aliphatic rings. The van der Waals surface area contributed by atoms with E-state index in [2.05, 4.69) is 0 Å². The molecular weight excluding hydrogens is 198 g/mol. The molecule has 1 nitrogen and oxygen atoms in total. The molecule has 0 atom stereocenters. The van der Waals surface area contributed by atoms with Gasteiger partial charge in [-0.1, -0.05) is 41.0 Å². The molecule has 3 heteroatoms. The van der Waals surface area contributed by atoms with Crippen molar-refractivity contribution in [3.05, 3.63) is 60.7 Å². The largest absolute Gasteiger partial charge is 1.00 e. The number of benzene rings is 2. The van der Waals surface area contributed by atoms with Crippen LogP contribution >= 0.6 is 7.80 Å². The monoisotopic (exact) mass is 209 g/mol. The van der Waals surface area contributed by atoms with E-state index >= 15 is 0 Å². The molecule has 2 aromatic rings. The van der Waals surface area contributed by atoms with Crippen LogP contribution in [0, 0.1) is 0 Å². The van der Waals surface area contributed by atoms with Crippen molar-refractivity contribution < 1.29 is 24.9 Å². The Morgan fingerprint density at radius 3 is 1.40 bits per heavy atom. The maximum absolute atomic E-state index is 12.0. The fraction of sp³-hybridized carbons (Fsp3) is 0. The van der Waals surface area contributed by atoms with Crippen LogP contribution in [0.2, 0.25) is 0 Å². The van der Waals surface area contributed by atoms with E-state index in [-0.39, 0.29) is 20.3 Å². The van der Waals surface area contributed by atoms with Gasteiger partial charge in [0.15, 0.2) is 10.6 Å². The van der Waals surface area contributed by atoms with Gasteiger partial charge in [-0.3, -0.25) is 0 Å². The standard InChI is InChI=1S/C12H10OP.Li.H/c13-14(11-7-3-1-4-8-11)12-9-5-2-6-10-12;;/h1-10H;;/q2*+1;-1. The minimum absolute atomic E-state index is 0. The zero-order valence-electron chi connectivity index (χ0n) is 9.63. The first-order valence-corrected chi connectivity index (χ1v) is 5.71. The van der Waals surface area contributed by atoms with Crippen molar-refractivity contribution in [3.8, 4) is 0 Å². The van der Waals surface area contributed by atoms with Crippen LogP contribution < -0.4 is 29.5 Å². The van der Waals surface area contributed by atoms with Crippen LogP contribution in [0.15, 0.2) is 60.7 Å². The predicted octanol–water partition coefficient (Wildman–Crippen LogP) is -0.419. The molecule has 2 rings (SSSR count). The molecule has 0 spiro atoms. The summed E-state index contributed by atoms with van der Waals surface area (Å²) >= 11 is 0. The molecule has 15 heavy (non-hydrogen) atoms. The Balaban J connectivity index is 0.00000112. The van der Waals surface area contributed by atoms with Gasteiger partial charge in [0.1, 0.15) is 0 Å². The Morgan fingerprint density at radius 1 is 0.733 bits per heavy atom. The average Bonchev–Trinajstić information content (AvgIpc) is 2.30. The number of hydrogen-bond acceptors (Lipinski definition) is 1. The van der Waals surface area contributed by atoms with Gasteiger partial charge in [0.2, 0.25) is 0 Å². The summed E-state index contributed by atoms with van der Waals surface area (Å²) in [6, 6.07) is 19.1. The molecular formula is C12H11LiOP+. The van der Waals surface area contributed by atoms with Crippen molar-refractivity contribution in [2.75, 3.05) is 0 Å². The molecule has 0 N–H and O–H groups in total. The fourth-order valence-electron chi connectivity index (χ4n) is 1.28. The summed E-state index contributed by atoms with van der Waals surface area (Å²) in [7, 11) is -1.42. The van der Waals surface area contributed by atoms with Crippen LogP contribution in [0.5, 0.6) is 0 Å². The fourth-order valence-corrected chi connectivity index (χ4v) is 2.46. The quantitative estimate of drug-likeness (QED) is 0.485. The molecule has 0 heterocycles. The number of rotatable bonds is 2. The molecule has 0 saturated heterocycles. The molecule has 0 aliphatic carbocycles. The summed E-state index contributed by atoms with van der Waals surface area (Å²) in [6.45, 7) is 0. The predicted molar refractivity (Wildman–Crippen MR) is 60.9 cm³/mol. The van der Waals surface area contributed by atoms with E-state index in [1.54, 1.807) is 0 Å². The summed E-state index contributed by atoms with van der Waals surface area (Å²) in [5.41, 5.74) is 0. The summed E-state index contributed by atoms with van der Waals surface area (Å²) in [5, 5.41) is 1.77. The van der Waals surface area contributed by atoms with E-state index in [0.29, 0.717) is 0 Å². The van der Waals surface area contributed by atoms with E-state index in [4.69, 9.17) is 0 Å². The van der Waals surface area contributed by atoms with Crippen molar-refractivity contribution in [1.29, 1.82) is 0 Å². The second-order valence-electron chi connectivity index (χ2n) is 2.97. The Kier molecular flexibility index (Phi) is 4.79. The van der Waals surface area contributed by atoms with Crippen LogP contribution in [0.4, 0.5) is 0 Å². The van der Waals surface area contributed by atoms with Crippen LogP contribution in [-0.4, -0.2) is 0 Å². The van der Waals surface area contributed by atoms with Crippen LogP contribution in [0.25, 0.3) is 0 Å². The molecule has 0 fully saturated rings. The summed E-state index contributed by atoms with van der Waals surface area (Å²) in [5.74, 6) is 0. The third-order valence-electron chi connectivity index (χ3n) is 1.98. The Hall–Kier alpha value is -0.863. The second kappa shape index (κ2) is 5.88. The van der Waals surface area contributed by atoms with Gasteiger partial charge in [-0.05, 0) is 24.3 Å². The van der Waals surface area contributed by atoms with Crippen LogP contribution in [0.3, 0.4) is 0 Å². The van der Waals surface area contributed by atoms with E-state index in [9.17, 15) is 4.57 Å². The molecule has 0 amide bonds. The topological polar surface area (TPSA) is 17.1 Å². The van der Waals surface area contributed by atoms with Gasteiger partial charge in [0.25, 0.3) is 0 Å². The van der Waals surface area contributed by atoms with Gasteiger partial charge in [-0.15, -0.1) is 0 Å². The van der Waals surface area contributed by atoms with Crippen molar-refractivity contribution in [2.45, 2.75) is 0 Å². The first-order chi connectivity index (χ1) is 6.88. The molecule has 0 unspecified atom stereocenters. The maximum atomic E-state index is 12.0. The van der Waals surface area contributed by atoms with E-state index in [1.807, 2.05) is 60.7 Å². The molecule has 0 radical (unpaired) electrons. The molecule has 0 bridgehead atoms. The third-order valence-corrected chi connectivity index (χ3v) is 3.52. The second-order valence-corrected chi connectivity index (χ2v) is 4.59. The molecule has 2 aromatic carbocycles. The molecule has 0 aliphatic heterocycles. The van der Waals surface area contributed by atoms with Gasteiger partial charge in [0.05, 0.1) is 0 Å². The van der Waals surface area contributed by atoms with Gasteiger partial charge in [-0.2, -0.15) is 0 Å². The Bertz CT molecular complexity index is 392. The first-order valence-electron chi connectivity index (χ1n) is 4.45. The summed E-state index contributed by atoms with van der Waals surface area (Å²) in [4.78, 5) is 0. The van der Waals surface area contributed by atoms with Crippen LogP contribution in [-0.2, 0) is 4.57 Å². The molecule has 0 saturated carbocycles. The van der Waals surface area contributed by atoms with Crippen LogP contribution in [0.1, 0.15) is 1.43 Å². The molecule has 0 aromatic heterocycles. The SMILES string of the molecule is O=[P+](c1ccccc1)c1ccccc1.[H-].[Li+]. The first kappa shape index (κ1) is 12.2. The van der Waals surface area contributed by atoms with Gasteiger partial charge in [-0.25, -0.2) is 0 Å². The maximum Gasteiger partial charge on any atom is 1.00 e. The van der Waals surface area contributed by atoms with Crippen molar-refractivity contribution in [2.24, 2.45) is 0 Å². The summed E-state index contributed by atoms with van der Waals surface area (Å²) in [6.07, 6.45) is 0. The van der Waals surface area contributed by atoms with Crippen molar-refractivity contribution in [3.63, 3.8) is 0 Å². The van der Waals surface area contributed by atoms with E-state index < -0.39 is 7.80 Å². The average molecular weight is 209 g/mol. The number of hydrogen-bond donors (Lipinski definition) is 0. The van der Waals surface area contributed by atoms with Gasteiger partial charge < -0.3 is 1.43 Å². The summed E-state index contributed by atoms with van der Waals surface area (Å²) < 4.78 is 12.0. The van der Waals surface area contributed by atoms with Gasteiger partial charge >= 0.3 is 26.7 Å². The smallest absolute Gasteiger partial charge is 1.00 e. The van der Waals surface area contributed by atoms with E-state index in [1.165, 1.54) is 0 Å². The molecule has 70 valence electrons. The zero-order valence-corrected chi connectivity index (χ0v) is 9.52. The van der Waals surface area contributed by atoms with Crippen molar-refractivity contribution >= 4 is 18.4 Å². The minimum Gasteiger partial charge on any atom is -1.00 e. The minimum atomic E-state index is -1.42. The van der Waals surface area contributed by atoms with Gasteiger partial charge in [0, 0.05) is 0 Å². The normalized spacial score (nSPS) is 9.07.